The predicted octanol–water partition coefficient (Wildman–Crippen LogP) is -4.44. The molecule has 0 atom stereocenters. The van der Waals surface area contributed by atoms with Crippen molar-refractivity contribution in [2.24, 2.45) is 0 Å². The van der Waals surface area contributed by atoms with Gasteiger partial charge in [0, 0.05) is 71.8 Å². The monoisotopic (exact) mass is 164 g/mol. The Kier molecular flexibility index (Phi) is 1830. The molecule has 8 radical (unpaired) electrons. The second-order valence-electron chi connectivity index (χ2n) is 0. The summed E-state index contributed by atoms with van der Waals surface area (Å²) in [7, 11) is 0. The first-order valence-corrected chi connectivity index (χ1v) is 0. The van der Waals surface area contributed by atoms with Crippen molar-refractivity contribution in [2.45, 2.75) is 0 Å². The Labute approximate surface area is 92.5 Å². The van der Waals surface area contributed by atoms with Crippen molar-refractivity contribution in [1.29, 1.82) is 0 Å². The van der Waals surface area contributed by atoms with Crippen LogP contribution in [-0.2, 0) is 0 Å². The van der Waals surface area contributed by atoms with Gasteiger partial charge in [-0.3, -0.25) is 0 Å². The molecule has 0 aromatic carbocycles. The first-order valence-electron chi connectivity index (χ1n) is 0. The van der Waals surface area contributed by atoms with Crippen LogP contribution in [-0.4, -0.2) is 93.7 Å². The van der Waals surface area contributed by atoms with Crippen molar-refractivity contribution in [1.82, 2.24) is 0 Å². The van der Waals surface area contributed by atoms with E-state index in [0.29, 0.717) is 0 Å². The third-order valence-corrected chi connectivity index (χ3v) is 0. The molecule has 0 saturated heterocycles. The van der Waals surface area contributed by atoms with E-state index in [-0.39, 0.29) is 93.7 Å². The van der Waals surface area contributed by atoms with Gasteiger partial charge in [0.2, 0.25) is 0 Å². The van der Waals surface area contributed by atoms with Crippen molar-refractivity contribution in [2.75, 3.05) is 0 Å². The molecule has 0 saturated carbocycles. The molecule has 4 nitrogen and oxygen atoms in total. The van der Waals surface area contributed by atoms with Gasteiger partial charge >= 0.3 is 0 Å². The fourth-order valence-corrected chi connectivity index (χ4v) is 0. The molecule has 0 fully saturated rings. The van der Waals surface area contributed by atoms with Gasteiger partial charge in [-0.2, -0.15) is 0 Å². The summed E-state index contributed by atoms with van der Waals surface area (Å²) in [6, 6.07) is 0. The fourth-order valence-electron chi connectivity index (χ4n) is 0. The van der Waals surface area contributed by atoms with Crippen LogP contribution in [0.1, 0.15) is 0 Å². The number of hydrogen-bond donors (Lipinski definition) is 0. The van der Waals surface area contributed by atoms with Crippen molar-refractivity contribution in [3.63, 3.8) is 0 Å². The zero-order chi connectivity index (χ0) is 0. The minimum Gasteiger partial charge on any atom is -0.412 e. The molecule has 0 heterocycles. The third-order valence-electron chi connectivity index (χ3n) is 0. The van der Waals surface area contributed by atoms with E-state index >= 15 is 0 Å². The Hall–Kier alpha value is 2.08. The van der Waals surface area contributed by atoms with Crippen LogP contribution in [0.15, 0.2) is 0 Å². The molecule has 8 N–H and O–H groups in total. The zero-order valence-corrected chi connectivity index (χ0v) is 8.54. The second-order valence-corrected chi connectivity index (χ2v) is 0. The van der Waals surface area contributed by atoms with Crippen molar-refractivity contribution >= 4 is 71.8 Å². The Morgan fingerprint density at radius 3 is 0.571 bits per heavy atom. The largest absolute Gasteiger partial charge is 0.412 e. The van der Waals surface area contributed by atoms with Gasteiger partial charge in [0.1, 0.15) is 0 Å². The molecule has 0 aromatic heterocycles. The molecule has 40 valence electrons. The molecule has 7 heavy (non-hydrogen) atoms. The zero-order valence-electron chi connectivity index (χ0n) is 3.91. The Morgan fingerprint density at radius 1 is 0.571 bits per heavy atom. The van der Waals surface area contributed by atoms with Crippen LogP contribution in [0.5, 0.6) is 0 Å². The number of hydrogen-bond acceptors (Lipinski definition) is 0. The van der Waals surface area contributed by atoms with Gasteiger partial charge in [-0.05, 0) is 0 Å². The van der Waals surface area contributed by atoms with E-state index in [0.717, 1.165) is 0 Å². The Bertz CT molecular complexity index is 11.7. The summed E-state index contributed by atoms with van der Waals surface area (Å²) in [4.78, 5) is 0. The molecule has 0 aromatic rings. The molecule has 0 rings (SSSR count). The topological polar surface area (TPSA) is 126 Å². The normalized spacial score (nSPS) is 0. The van der Waals surface area contributed by atoms with E-state index in [2.05, 4.69) is 0 Å². The van der Waals surface area contributed by atoms with Gasteiger partial charge in [0.15, 0.2) is 0 Å². The fraction of sp³-hybridized carbons (Fsp3) is 0. The van der Waals surface area contributed by atoms with Crippen LogP contribution in [0.25, 0.3) is 0 Å². The van der Waals surface area contributed by atoms with Gasteiger partial charge in [-0.1, -0.05) is 0 Å². The molecular weight excluding hydrogens is 156 g/mol. The Morgan fingerprint density at radius 2 is 0.571 bits per heavy atom. The van der Waals surface area contributed by atoms with Crippen LogP contribution in [0.4, 0.5) is 0 Å². The first kappa shape index (κ1) is 137. The first-order chi connectivity index (χ1) is 0. The molecule has 7 heteroatoms. The van der Waals surface area contributed by atoms with Gasteiger partial charge in [-0.25, -0.2) is 0 Å². The van der Waals surface area contributed by atoms with Gasteiger partial charge in [-0.15, -0.1) is 0 Å². The Balaban J connectivity index is 0. The van der Waals surface area contributed by atoms with Gasteiger partial charge < -0.3 is 21.9 Å². The molecule has 0 spiro atoms. The van der Waals surface area contributed by atoms with E-state index in [4.69, 9.17) is 0 Å². The standard InChI is InChI=1S/Ca.Mg.4H2O.Si/h;;4*1H2;. The summed E-state index contributed by atoms with van der Waals surface area (Å²) in [6.07, 6.45) is 0. The average molecular weight is 165 g/mol. The summed E-state index contributed by atoms with van der Waals surface area (Å²) >= 11 is 0. The molecule has 0 aliphatic rings. The average Bonchev–Trinajstić information content (AvgIpc) is 0. The maximum Gasteiger partial charge on any atom is 0 e. The SMILES string of the molecule is O.O.O.O.[Ca].[Mg].[Si]. The minimum absolute atomic E-state index is 0. The summed E-state index contributed by atoms with van der Waals surface area (Å²) in [5, 5.41) is 0. The van der Waals surface area contributed by atoms with Crippen LogP contribution in [0, 0.1) is 0 Å². The predicted molar refractivity (Wildman–Crippen MR) is 31.7 cm³/mol. The molecule has 0 aliphatic heterocycles. The van der Waals surface area contributed by atoms with Crippen LogP contribution in [0.2, 0.25) is 0 Å². The summed E-state index contributed by atoms with van der Waals surface area (Å²) < 4.78 is 0. The van der Waals surface area contributed by atoms with E-state index in [1.807, 2.05) is 0 Å². The van der Waals surface area contributed by atoms with Crippen LogP contribution in [0.3, 0.4) is 0 Å². The van der Waals surface area contributed by atoms with E-state index in [1.54, 1.807) is 0 Å². The van der Waals surface area contributed by atoms with E-state index < -0.39 is 0 Å². The summed E-state index contributed by atoms with van der Waals surface area (Å²) in [5.74, 6) is 0. The van der Waals surface area contributed by atoms with E-state index in [1.165, 1.54) is 0 Å². The summed E-state index contributed by atoms with van der Waals surface area (Å²) in [6.45, 7) is 0. The smallest absolute Gasteiger partial charge is 0 e. The number of rotatable bonds is 0. The minimum atomic E-state index is 0. The van der Waals surface area contributed by atoms with Crippen LogP contribution < -0.4 is 0 Å². The molecule has 0 amide bonds. The molecule has 0 unspecified atom stereocenters. The molecule has 0 bridgehead atoms. The maximum absolute atomic E-state index is 0. The van der Waals surface area contributed by atoms with Crippen LogP contribution >= 0.6 is 0 Å². The van der Waals surface area contributed by atoms with Gasteiger partial charge in [0.25, 0.3) is 0 Å². The van der Waals surface area contributed by atoms with Crippen molar-refractivity contribution in [3.8, 4) is 0 Å². The third kappa shape index (κ3) is 68.9. The summed E-state index contributed by atoms with van der Waals surface area (Å²) in [5.41, 5.74) is 0. The quantitative estimate of drug-likeness (QED) is 0.320. The van der Waals surface area contributed by atoms with E-state index in [9.17, 15) is 0 Å². The molecular formula is H8CaMgO4Si. The van der Waals surface area contributed by atoms with Gasteiger partial charge in [0.05, 0.1) is 0 Å². The maximum atomic E-state index is 0. The van der Waals surface area contributed by atoms with Crippen molar-refractivity contribution in [3.05, 3.63) is 0 Å². The second kappa shape index (κ2) is 93.5. The van der Waals surface area contributed by atoms with Crippen molar-refractivity contribution < 1.29 is 21.9 Å². The molecule has 0 aliphatic carbocycles.